The van der Waals surface area contributed by atoms with E-state index in [9.17, 15) is 0 Å². The van der Waals surface area contributed by atoms with E-state index in [-0.39, 0.29) is 0 Å². The second-order valence-corrected chi connectivity index (χ2v) is 7.56. The third-order valence-corrected chi connectivity index (χ3v) is 5.01. The summed E-state index contributed by atoms with van der Waals surface area (Å²) in [5.41, 5.74) is 0. The van der Waals surface area contributed by atoms with Crippen LogP contribution in [-0.4, -0.2) is 0 Å². The molecule has 0 nitrogen and oxygen atoms in total. The second kappa shape index (κ2) is 22.7. The predicted molar refractivity (Wildman–Crippen MR) is 113 cm³/mol. The third-order valence-electron chi connectivity index (χ3n) is 5.01. The quantitative estimate of drug-likeness (QED) is 0.154. The van der Waals surface area contributed by atoms with Crippen molar-refractivity contribution in [2.24, 2.45) is 0 Å². The highest BCUT2D eigenvalue weighted by Gasteiger charge is 1.93. The van der Waals surface area contributed by atoms with Gasteiger partial charge in [-0.3, -0.25) is 0 Å². The average Bonchev–Trinajstić information content (AvgIpc) is 2.60. The van der Waals surface area contributed by atoms with Crippen molar-refractivity contribution in [1.82, 2.24) is 0 Å². The molecule has 0 aromatic heterocycles. The first-order valence-electron chi connectivity index (χ1n) is 11.4. The molecule has 0 aromatic carbocycles. The Bertz CT molecular complexity index is 228. The van der Waals surface area contributed by atoms with E-state index in [1.165, 1.54) is 122 Å². The Kier molecular flexibility index (Phi) is 22.5. The summed E-state index contributed by atoms with van der Waals surface area (Å²) in [7, 11) is 0. The molecule has 0 aromatic rings. The fourth-order valence-electron chi connectivity index (χ4n) is 3.31. The molecular weight excluding hydrogens is 288 g/mol. The fourth-order valence-corrected chi connectivity index (χ4v) is 3.31. The van der Waals surface area contributed by atoms with Crippen molar-refractivity contribution in [2.75, 3.05) is 0 Å². The van der Waals surface area contributed by atoms with Crippen molar-refractivity contribution in [3.8, 4) is 0 Å². The molecule has 143 valence electrons. The Morgan fingerprint density at radius 1 is 0.458 bits per heavy atom. The summed E-state index contributed by atoms with van der Waals surface area (Å²) in [4.78, 5) is 0. The van der Waals surface area contributed by atoms with Crippen LogP contribution in [0.25, 0.3) is 0 Å². The van der Waals surface area contributed by atoms with Crippen LogP contribution in [0.15, 0.2) is 12.2 Å². The predicted octanol–water partition coefficient (Wildman–Crippen LogP) is 9.20. The molecule has 0 atom stereocenters. The standard InChI is InChI=1S/C24H47/c1-3-5-7-9-11-13-15-17-19-21-23-24-22-20-18-16-14-12-10-8-6-4-2/h18,20H,1,3-17,19,21-24H2,2H3/b20-18+. The van der Waals surface area contributed by atoms with Gasteiger partial charge < -0.3 is 0 Å². The minimum atomic E-state index is 1.12. The van der Waals surface area contributed by atoms with Crippen molar-refractivity contribution in [2.45, 2.75) is 135 Å². The van der Waals surface area contributed by atoms with Crippen molar-refractivity contribution in [3.05, 3.63) is 19.1 Å². The highest BCUT2D eigenvalue weighted by molar-refractivity contribution is 4.81. The van der Waals surface area contributed by atoms with Gasteiger partial charge in [-0.15, -0.1) is 0 Å². The molecule has 0 saturated heterocycles. The van der Waals surface area contributed by atoms with Gasteiger partial charge in [0.15, 0.2) is 0 Å². The van der Waals surface area contributed by atoms with Gasteiger partial charge in [0, 0.05) is 0 Å². The SMILES string of the molecule is [CH2]CCCCCCCCCCCCC/C=C/CCCCCCCC. The van der Waals surface area contributed by atoms with Crippen LogP contribution >= 0.6 is 0 Å². The van der Waals surface area contributed by atoms with Crippen LogP contribution in [0.4, 0.5) is 0 Å². The minimum Gasteiger partial charge on any atom is -0.0885 e. The monoisotopic (exact) mass is 335 g/mol. The molecule has 0 rings (SSSR count). The van der Waals surface area contributed by atoms with Crippen molar-refractivity contribution in [3.63, 3.8) is 0 Å². The van der Waals surface area contributed by atoms with Gasteiger partial charge >= 0.3 is 0 Å². The van der Waals surface area contributed by atoms with E-state index in [2.05, 4.69) is 26.0 Å². The van der Waals surface area contributed by atoms with Crippen molar-refractivity contribution >= 4 is 0 Å². The van der Waals surface area contributed by atoms with E-state index >= 15 is 0 Å². The first-order valence-corrected chi connectivity index (χ1v) is 11.4. The average molecular weight is 336 g/mol. The van der Waals surface area contributed by atoms with Crippen LogP contribution < -0.4 is 0 Å². The van der Waals surface area contributed by atoms with Gasteiger partial charge in [0.25, 0.3) is 0 Å². The second-order valence-electron chi connectivity index (χ2n) is 7.56. The summed E-state index contributed by atoms with van der Waals surface area (Å²) in [5, 5.41) is 0. The maximum atomic E-state index is 3.90. The van der Waals surface area contributed by atoms with Gasteiger partial charge in [-0.1, -0.05) is 129 Å². The Morgan fingerprint density at radius 2 is 0.792 bits per heavy atom. The Balaban J connectivity index is 3.03. The highest BCUT2D eigenvalue weighted by atomic mass is 14.0. The van der Waals surface area contributed by atoms with E-state index < -0.39 is 0 Å². The summed E-state index contributed by atoms with van der Waals surface area (Å²) >= 11 is 0. The summed E-state index contributed by atoms with van der Waals surface area (Å²) in [6.07, 6.45) is 32.8. The molecule has 0 aliphatic rings. The van der Waals surface area contributed by atoms with Crippen LogP contribution in [0.2, 0.25) is 0 Å². The molecular formula is C24H47. The first kappa shape index (κ1) is 23.7. The van der Waals surface area contributed by atoms with Crippen molar-refractivity contribution < 1.29 is 0 Å². The van der Waals surface area contributed by atoms with Gasteiger partial charge in [0.2, 0.25) is 0 Å². The van der Waals surface area contributed by atoms with Crippen LogP contribution in [0.5, 0.6) is 0 Å². The fraction of sp³-hybridized carbons (Fsp3) is 0.875. The number of hydrogen-bond acceptors (Lipinski definition) is 0. The summed E-state index contributed by atoms with van der Waals surface area (Å²) < 4.78 is 0. The lowest BCUT2D eigenvalue weighted by Crippen LogP contribution is -1.82. The Morgan fingerprint density at radius 3 is 1.17 bits per heavy atom. The Labute approximate surface area is 154 Å². The van der Waals surface area contributed by atoms with Gasteiger partial charge in [-0.25, -0.2) is 0 Å². The van der Waals surface area contributed by atoms with Crippen LogP contribution in [-0.2, 0) is 0 Å². The molecule has 0 aliphatic carbocycles. The molecule has 0 amide bonds. The summed E-state index contributed by atoms with van der Waals surface area (Å²) in [6, 6.07) is 0. The van der Waals surface area contributed by atoms with Gasteiger partial charge in [-0.05, 0) is 25.7 Å². The molecule has 0 heterocycles. The van der Waals surface area contributed by atoms with Gasteiger partial charge in [-0.2, -0.15) is 0 Å². The normalized spacial score (nSPS) is 11.6. The van der Waals surface area contributed by atoms with Crippen LogP contribution in [0.3, 0.4) is 0 Å². The molecule has 0 saturated carbocycles. The zero-order valence-corrected chi connectivity index (χ0v) is 17.0. The van der Waals surface area contributed by atoms with Crippen LogP contribution in [0.1, 0.15) is 135 Å². The van der Waals surface area contributed by atoms with E-state index in [0.29, 0.717) is 0 Å². The number of unbranched alkanes of at least 4 members (excludes halogenated alkanes) is 18. The lowest BCUT2D eigenvalue weighted by atomic mass is 10.0. The lowest BCUT2D eigenvalue weighted by molar-refractivity contribution is 0.547. The van der Waals surface area contributed by atoms with Gasteiger partial charge in [0.05, 0.1) is 0 Å². The minimum absolute atomic E-state index is 1.12. The molecule has 0 aliphatic heterocycles. The van der Waals surface area contributed by atoms with E-state index in [1.807, 2.05) is 0 Å². The van der Waals surface area contributed by atoms with Gasteiger partial charge in [0.1, 0.15) is 0 Å². The molecule has 0 heteroatoms. The summed E-state index contributed by atoms with van der Waals surface area (Å²) in [5.74, 6) is 0. The van der Waals surface area contributed by atoms with E-state index in [0.717, 1.165) is 6.42 Å². The molecule has 0 spiro atoms. The molecule has 24 heavy (non-hydrogen) atoms. The number of rotatable bonds is 20. The Hall–Kier alpha value is -0.260. The third kappa shape index (κ3) is 21.7. The first-order chi connectivity index (χ1) is 11.9. The molecule has 0 bridgehead atoms. The zero-order valence-electron chi connectivity index (χ0n) is 17.0. The maximum absolute atomic E-state index is 3.90. The van der Waals surface area contributed by atoms with E-state index in [1.54, 1.807) is 0 Å². The maximum Gasteiger partial charge on any atom is -0.0351 e. The lowest BCUT2D eigenvalue weighted by Gasteiger charge is -2.02. The molecule has 0 N–H and O–H groups in total. The van der Waals surface area contributed by atoms with Crippen LogP contribution in [0, 0.1) is 6.92 Å². The highest BCUT2D eigenvalue weighted by Crippen LogP contribution is 2.13. The molecule has 1 radical (unpaired) electrons. The zero-order chi connectivity index (χ0) is 17.6. The van der Waals surface area contributed by atoms with E-state index in [4.69, 9.17) is 0 Å². The summed E-state index contributed by atoms with van der Waals surface area (Å²) in [6.45, 7) is 6.19. The largest absolute Gasteiger partial charge is 0.0885 e. The smallest absolute Gasteiger partial charge is 0.0351 e. The number of allylic oxidation sites excluding steroid dienone is 2. The topological polar surface area (TPSA) is 0 Å². The number of hydrogen-bond donors (Lipinski definition) is 0. The molecule has 0 fully saturated rings. The van der Waals surface area contributed by atoms with Crippen molar-refractivity contribution in [1.29, 1.82) is 0 Å². The molecule has 0 unspecified atom stereocenters.